The summed E-state index contributed by atoms with van der Waals surface area (Å²) in [4.78, 5) is 13.8. The first-order valence-electron chi connectivity index (χ1n) is 51.3. The fourth-order valence-electron chi connectivity index (χ4n) is 16.1. The summed E-state index contributed by atoms with van der Waals surface area (Å²) in [5, 5.41) is 0. The number of rotatable bonds is 72. The second kappa shape index (κ2) is 98.8. The molecule has 0 aliphatic rings. The molecule has 0 N–H and O–H groups in total. The third kappa shape index (κ3) is 81.8. The molecule has 0 aromatic rings. The van der Waals surface area contributed by atoms with Crippen LogP contribution in [-0.2, 0) is 96.8 Å². The van der Waals surface area contributed by atoms with Gasteiger partial charge in [0.15, 0.2) is 0 Å². The molecule has 0 bridgehead atoms. The normalized spacial score (nSPS) is 13.9. The number of nitrogens with zero attached hydrogens (tertiary/aromatic N) is 6. The molecule has 0 aliphatic carbocycles. The van der Waals surface area contributed by atoms with Gasteiger partial charge >= 0.3 is 0 Å². The summed E-state index contributed by atoms with van der Waals surface area (Å²) in [7, 11) is 0. The third-order valence-electron chi connectivity index (χ3n) is 25.8. The van der Waals surface area contributed by atoms with E-state index in [0.717, 1.165) is 150 Å². The largest absolute Gasteiger partial charge is 0.411 e. The molecule has 19 heteroatoms. The molecule has 121 heavy (non-hydrogen) atoms. The molecule has 0 fully saturated rings. The maximum Gasteiger partial charge on any atom is 0.0190 e. The molecule has 0 saturated heterocycles. The first kappa shape index (κ1) is 135. The van der Waals surface area contributed by atoms with Crippen molar-refractivity contribution in [2.45, 2.75) is 474 Å². The minimum absolute atomic E-state index is 0. The van der Waals surface area contributed by atoms with Crippen LogP contribution < -0.4 is 0 Å². The Hall–Kier alpha value is 1.35. The number of thiocarbonyl (C=S) groups is 6. The van der Waals surface area contributed by atoms with Gasteiger partial charge in [0.25, 0.3) is 0 Å². The van der Waals surface area contributed by atoms with Gasteiger partial charge in [-0.3, -0.25) is 0 Å². The Balaban J connectivity index is -0.000000257. The number of hydrogen-bond donors (Lipinski definition) is 0. The Morgan fingerprint density at radius 1 is 0.157 bits per heavy atom. The van der Waals surface area contributed by atoms with Gasteiger partial charge in [-0.25, -0.2) is 0 Å². The van der Waals surface area contributed by atoms with Crippen molar-refractivity contribution in [1.29, 1.82) is 0 Å². The molecule has 726 valence electrons. The molecule has 0 spiro atoms. The molecule has 0 heterocycles. The first-order chi connectivity index (χ1) is 57.5. The Labute approximate surface area is 841 Å². The Morgan fingerprint density at radius 2 is 0.223 bits per heavy atom. The molecule has 0 aromatic heterocycles. The topological polar surface area (TPSA) is 19.4 Å². The smallest absolute Gasteiger partial charge is 0.0190 e. The fourth-order valence-corrected chi connectivity index (χ4v) is 17.9. The quantitative estimate of drug-likeness (QED) is 0.0425. The molecule has 0 amide bonds. The molecule has 0 aliphatic heterocycles. The molecule has 6 nitrogen and oxygen atoms in total. The van der Waals surface area contributed by atoms with E-state index in [0.29, 0.717) is 25.9 Å². The first-order valence-corrected chi connectivity index (χ1v) is 56.2. The van der Waals surface area contributed by atoms with Crippen molar-refractivity contribution < 1.29 is 21.1 Å². The van der Waals surface area contributed by atoms with Crippen LogP contribution in [0.4, 0.5) is 0 Å². The zero-order valence-corrected chi connectivity index (χ0v) is 97.1. The van der Waals surface area contributed by atoms with E-state index < -0.39 is 0 Å². The maximum absolute atomic E-state index is 5.32. The standard InChI is InChI=1S/6C17H35NS2.W/c6*1-5-9-11-15(7-3)13-18(17(19)20)14-16(8-4)12-10-6-2;/h6*15-16H,5-14H2,1-4H3,(H,19,20);/p-6. The predicted molar refractivity (Wildman–Crippen MR) is 589 cm³/mol. The Kier molecular flexibility index (Phi) is 111. The summed E-state index contributed by atoms with van der Waals surface area (Å²) in [6.07, 6.45) is 61.8. The predicted octanol–water partition coefficient (Wildman–Crippen LogP) is 33.3. The molecule has 0 aromatic carbocycles. The summed E-state index contributed by atoms with van der Waals surface area (Å²) in [5.41, 5.74) is 0. The number of unbranched alkanes of at least 4 members (excludes halogenated alkanes) is 12. The van der Waals surface area contributed by atoms with Crippen LogP contribution in [0.3, 0.4) is 0 Å². The monoisotopic (exact) mass is 2080 g/mol. The van der Waals surface area contributed by atoms with Crippen LogP contribution in [0.1, 0.15) is 474 Å². The van der Waals surface area contributed by atoms with Crippen LogP contribution in [-0.4, -0.2) is 134 Å². The minimum atomic E-state index is 0. The molecule has 0 saturated carbocycles. The van der Waals surface area contributed by atoms with E-state index in [9.17, 15) is 0 Å². The van der Waals surface area contributed by atoms with Crippen LogP contribution in [0, 0.1) is 71.0 Å². The van der Waals surface area contributed by atoms with Crippen molar-refractivity contribution in [3.8, 4) is 0 Å². The van der Waals surface area contributed by atoms with Gasteiger partial charge in [0.05, 0.1) is 0 Å². The van der Waals surface area contributed by atoms with Crippen molar-refractivity contribution in [1.82, 2.24) is 29.4 Å². The van der Waals surface area contributed by atoms with Gasteiger partial charge in [-0.2, -0.15) is 0 Å². The van der Waals surface area contributed by atoms with Crippen LogP contribution in [0.15, 0.2) is 0 Å². The van der Waals surface area contributed by atoms with E-state index >= 15 is 0 Å². The van der Waals surface area contributed by atoms with E-state index in [1.807, 2.05) is 0 Å². The molecule has 0 rings (SSSR count). The Bertz CT molecular complexity index is 1750. The molecular weight excluding hydrogens is 1880 g/mol. The van der Waals surface area contributed by atoms with Crippen molar-refractivity contribution in [2.75, 3.05) is 78.5 Å². The van der Waals surface area contributed by atoms with Crippen LogP contribution in [0.5, 0.6) is 0 Å². The van der Waals surface area contributed by atoms with Gasteiger partial charge in [0.2, 0.25) is 0 Å². The summed E-state index contributed by atoms with van der Waals surface area (Å²) in [5.74, 6) is 8.99. The average molecular weight is 2080 g/mol. The molecule has 0 radical (unpaired) electrons. The van der Waals surface area contributed by atoms with Gasteiger partial charge in [0, 0.05) is 99.6 Å². The van der Waals surface area contributed by atoms with E-state index in [4.69, 9.17) is 149 Å². The SMILES string of the molecule is CCCCC(CC)CN(CC(CC)CCCC)C(=S)[S-].CCCCC(CC)CN(CC(CC)CCCC)C(=S)[S-].CCCCC(CC)CN(CC(CC)CCCC)C(=S)[S-].CCCCC(CC)CN(CC(CC)CCCC)C(=S)[S-].CCCCC(CC)CN(CC(CC)CCCC)C(=S)[S-].CCCCC(CC)CN(CC(CC)CCCC)C(=S)[S-].[W]. The second-order valence-corrected chi connectivity index (χ2v) is 42.2. The van der Waals surface area contributed by atoms with E-state index in [1.54, 1.807) is 0 Å². The fraction of sp³-hybridized carbons (Fsp3) is 0.941. The van der Waals surface area contributed by atoms with Gasteiger partial charge in [-0.1, -0.05) is 423 Å². The van der Waals surface area contributed by atoms with E-state index in [-0.39, 0.29) is 21.1 Å². The zero-order valence-electron chi connectivity index (χ0n) is 84.3. The molecule has 12 unspecified atom stereocenters. The van der Waals surface area contributed by atoms with Crippen LogP contribution in [0.25, 0.3) is 0 Å². The van der Waals surface area contributed by atoms with Crippen molar-refractivity contribution >= 4 is 175 Å². The average Bonchev–Trinajstić information content (AvgIpc) is 0.941. The molecule has 12 atom stereocenters. The number of hydrogen-bond acceptors (Lipinski definition) is 12. The van der Waals surface area contributed by atoms with Gasteiger partial charge < -0.3 is 178 Å². The summed E-state index contributed by atoms with van der Waals surface area (Å²) >= 11 is 63.8. The summed E-state index contributed by atoms with van der Waals surface area (Å²) in [6, 6.07) is 0. The zero-order chi connectivity index (χ0) is 92.3. The summed E-state index contributed by atoms with van der Waals surface area (Å²) < 4.78 is 4.05. The van der Waals surface area contributed by atoms with Gasteiger partial charge in [0.1, 0.15) is 0 Å². The van der Waals surface area contributed by atoms with Crippen molar-refractivity contribution in [3.63, 3.8) is 0 Å². The third-order valence-corrected chi connectivity index (χ3v) is 28.9. The van der Waals surface area contributed by atoms with E-state index in [2.05, 4.69) is 196 Å². The van der Waals surface area contributed by atoms with E-state index in [1.165, 1.54) is 308 Å². The van der Waals surface area contributed by atoms with Crippen molar-refractivity contribution in [2.24, 2.45) is 71.0 Å². The Morgan fingerprint density at radius 3 is 0.264 bits per heavy atom. The molecular formula is C102H204N6S12W-6. The van der Waals surface area contributed by atoms with Crippen molar-refractivity contribution in [3.05, 3.63) is 0 Å². The maximum atomic E-state index is 5.32. The van der Waals surface area contributed by atoms with Gasteiger partial charge in [-0.05, 0) is 148 Å². The van der Waals surface area contributed by atoms with Crippen LogP contribution >= 0.6 is 73.3 Å². The summed E-state index contributed by atoms with van der Waals surface area (Å²) in [6.45, 7) is 67.5. The second-order valence-electron chi connectivity index (χ2n) is 36.0. The van der Waals surface area contributed by atoms with Gasteiger partial charge in [-0.15, -0.1) is 0 Å². The minimum Gasteiger partial charge on any atom is -0.411 e. The van der Waals surface area contributed by atoms with Crippen LogP contribution in [0.2, 0.25) is 0 Å².